The fraction of sp³-hybridized carbons (Fsp3) is 0.500. The molecule has 1 rings (SSSR count). The summed E-state index contributed by atoms with van der Waals surface area (Å²) in [5.41, 5.74) is 7.94. The molecule has 14 heavy (non-hydrogen) atoms. The number of rotatable bonds is 4. The summed E-state index contributed by atoms with van der Waals surface area (Å²) < 4.78 is 0. The van der Waals surface area contributed by atoms with Crippen molar-refractivity contribution in [2.75, 3.05) is 19.8 Å². The third-order valence-corrected chi connectivity index (χ3v) is 2.48. The molecule has 0 bridgehead atoms. The predicted octanol–water partition coefficient (Wildman–Crippen LogP) is 2.67. The highest BCUT2D eigenvalue weighted by atomic mass is 15.1. The minimum atomic E-state index is 0.489. The van der Waals surface area contributed by atoms with E-state index in [2.05, 4.69) is 38.1 Å². The van der Waals surface area contributed by atoms with Crippen LogP contribution in [0.1, 0.15) is 31.4 Å². The first kappa shape index (κ1) is 11.1. The van der Waals surface area contributed by atoms with Gasteiger partial charge in [0.05, 0.1) is 0 Å². The Kier molecular flexibility index (Phi) is 3.96. The first-order valence-electron chi connectivity index (χ1n) is 5.17. The molecule has 0 amide bonds. The minimum Gasteiger partial charge on any atom is -0.399 e. The van der Waals surface area contributed by atoms with Gasteiger partial charge >= 0.3 is 0 Å². The van der Waals surface area contributed by atoms with E-state index in [4.69, 9.17) is 5.73 Å². The van der Waals surface area contributed by atoms with Crippen LogP contribution >= 0.6 is 0 Å². The number of nitrogens with two attached hydrogens (primary N) is 1. The summed E-state index contributed by atoms with van der Waals surface area (Å²) in [7, 11) is 4.23. The Morgan fingerprint density at radius 1 is 1.36 bits per heavy atom. The molecular formula is C12H20N2. The Balaban J connectivity index is 2.87. The lowest BCUT2D eigenvalue weighted by Gasteiger charge is -2.24. The summed E-state index contributed by atoms with van der Waals surface area (Å²) in [4.78, 5) is 2.25. The molecule has 0 saturated heterocycles. The minimum absolute atomic E-state index is 0.489. The first-order chi connectivity index (χ1) is 6.65. The van der Waals surface area contributed by atoms with Gasteiger partial charge in [-0.3, -0.25) is 0 Å². The highest BCUT2D eigenvalue weighted by molar-refractivity contribution is 5.41. The standard InChI is InChI=1S/C12H20N2/c1-4-6-12(14(2)3)10-7-5-8-11(13)9-10/h5,7-9,12H,4,6,13H2,1-3H3. The Hall–Kier alpha value is -1.02. The molecule has 0 saturated carbocycles. The summed E-state index contributed by atoms with van der Waals surface area (Å²) in [6.07, 6.45) is 2.37. The lowest BCUT2D eigenvalue weighted by atomic mass is 10.0. The van der Waals surface area contributed by atoms with Gasteiger partial charge in [0.25, 0.3) is 0 Å². The maximum absolute atomic E-state index is 5.77. The number of hydrogen-bond donors (Lipinski definition) is 1. The van der Waals surface area contributed by atoms with Crippen LogP contribution in [0.3, 0.4) is 0 Å². The van der Waals surface area contributed by atoms with Crippen LogP contribution in [0.5, 0.6) is 0 Å². The first-order valence-corrected chi connectivity index (χ1v) is 5.17. The molecule has 0 spiro atoms. The van der Waals surface area contributed by atoms with Crippen molar-refractivity contribution in [3.63, 3.8) is 0 Å². The van der Waals surface area contributed by atoms with E-state index < -0.39 is 0 Å². The van der Waals surface area contributed by atoms with E-state index >= 15 is 0 Å². The second-order valence-electron chi connectivity index (χ2n) is 3.94. The normalized spacial score (nSPS) is 13.1. The van der Waals surface area contributed by atoms with Crippen molar-refractivity contribution >= 4 is 5.69 Å². The van der Waals surface area contributed by atoms with Crippen molar-refractivity contribution < 1.29 is 0 Å². The zero-order valence-electron chi connectivity index (χ0n) is 9.33. The molecule has 78 valence electrons. The van der Waals surface area contributed by atoms with Gasteiger partial charge in [-0.25, -0.2) is 0 Å². The molecule has 1 unspecified atom stereocenters. The van der Waals surface area contributed by atoms with Crippen LogP contribution < -0.4 is 5.73 Å². The average Bonchev–Trinajstić information content (AvgIpc) is 2.13. The smallest absolute Gasteiger partial charge is 0.0342 e. The summed E-state index contributed by atoms with van der Waals surface area (Å²) in [5.74, 6) is 0. The Labute approximate surface area is 86.7 Å². The third-order valence-electron chi connectivity index (χ3n) is 2.48. The van der Waals surface area contributed by atoms with Gasteiger partial charge in [0.1, 0.15) is 0 Å². The van der Waals surface area contributed by atoms with Gasteiger partial charge in [-0.1, -0.05) is 25.5 Å². The fourth-order valence-corrected chi connectivity index (χ4v) is 1.76. The Morgan fingerprint density at radius 2 is 2.07 bits per heavy atom. The molecule has 1 aromatic rings. The average molecular weight is 192 g/mol. The van der Waals surface area contributed by atoms with Crippen LogP contribution in [0.15, 0.2) is 24.3 Å². The number of nitrogens with zero attached hydrogens (tertiary/aromatic N) is 1. The van der Waals surface area contributed by atoms with Crippen molar-refractivity contribution in [2.24, 2.45) is 0 Å². The van der Waals surface area contributed by atoms with Crippen LogP contribution in [-0.4, -0.2) is 19.0 Å². The molecule has 2 nitrogen and oxygen atoms in total. The highest BCUT2D eigenvalue weighted by Crippen LogP contribution is 2.24. The molecule has 1 aromatic carbocycles. The van der Waals surface area contributed by atoms with Gasteiger partial charge in [-0.2, -0.15) is 0 Å². The Morgan fingerprint density at radius 3 is 2.57 bits per heavy atom. The second kappa shape index (κ2) is 5.01. The van der Waals surface area contributed by atoms with E-state index in [1.807, 2.05) is 12.1 Å². The zero-order chi connectivity index (χ0) is 10.6. The summed E-state index contributed by atoms with van der Waals surface area (Å²) in [5, 5.41) is 0. The van der Waals surface area contributed by atoms with E-state index in [-0.39, 0.29) is 0 Å². The molecule has 0 aliphatic carbocycles. The Bertz CT molecular complexity index is 281. The lowest BCUT2D eigenvalue weighted by Crippen LogP contribution is -2.19. The highest BCUT2D eigenvalue weighted by Gasteiger charge is 2.12. The third kappa shape index (κ3) is 2.74. The number of nitrogen functional groups attached to an aromatic ring is 1. The molecule has 0 aliphatic rings. The van der Waals surface area contributed by atoms with E-state index in [9.17, 15) is 0 Å². The molecule has 0 fully saturated rings. The van der Waals surface area contributed by atoms with Crippen LogP contribution in [0.2, 0.25) is 0 Å². The number of benzene rings is 1. The maximum Gasteiger partial charge on any atom is 0.0342 e. The monoisotopic (exact) mass is 192 g/mol. The zero-order valence-corrected chi connectivity index (χ0v) is 9.33. The van der Waals surface area contributed by atoms with Crippen molar-refractivity contribution in [3.8, 4) is 0 Å². The molecule has 0 radical (unpaired) electrons. The molecule has 0 aromatic heterocycles. The summed E-state index contributed by atoms with van der Waals surface area (Å²) in [6, 6.07) is 8.67. The maximum atomic E-state index is 5.77. The number of anilines is 1. The predicted molar refractivity (Wildman–Crippen MR) is 62.2 cm³/mol. The molecule has 0 heterocycles. The molecule has 2 N–H and O–H groups in total. The molecular weight excluding hydrogens is 172 g/mol. The van der Waals surface area contributed by atoms with Gasteiger partial charge in [0.2, 0.25) is 0 Å². The van der Waals surface area contributed by atoms with Crippen LogP contribution in [0.25, 0.3) is 0 Å². The topological polar surface area (TPSA) is 29.3 Å². The van der Waals surface area contributed by atoms with Crippen LogP contribution in [0, 0.1) is 0 Å². The van der Waals surface area contributed by atoms with Crippen molar-refractivity contribution in [2.45, 2.75) is 25.8 Å². The SMILES string of the molecule is CCCC(c1cccc(N)c1)N(C)C. The van der Waals surface area contributed by atoms with Crippen molar-refractivity contribution in [1.82, 2.24) is 4.90 Å². The van der Waals surface area contributed by atoms with E-state index in [0.29, 0.717) is 6.04 Å². The second-order valence-corrected chi connectivity index (χ2v) is 3.94. The van der Waals surface area contributed by atoms with Gasteiger partial charge in [0, 0.05) is 11.7 Å². The van der Waals surface area contributed by atoms with Crippen molar-refractivity contribution in [3.05, 3.63) is 29.8 Å². The lowest BCUT2D eigenvalue weighted by molar-refractivity contribution is 0.282. The quantitative estimate of drug-likeness (QED) is 0.743. The molecule has 0 aliphatic heterocycles. The largest absolute Gasteiger partial charge is 0.399 e. The van der Waals surface area contributed by atoms with Crippen LogP contribution in [-0.2, 0) is 0 Å². The van der Waals surface area contributed by atoms with Gasteiger partial charge < -0.3 is 10.6 Å². The van der Waals surface area contributed by atoms with E-state index in [1.165, 1.54) is 18.4 Å². The van der Waals surface area contributed by atoms with Gasteiger partial charge in [-0.15, -0.1) is 0 Å². The van der Waals surface area contributed by atoms with Crippen LogP contribution in [0.4, 0.5) is 5.69 Å². The van der Waals surface area contributed by atoms with Crippen molar-refractivity contribution in [1.29, 1.82) is 0 Å². The van der Waals surface area contributed by atoms with Gasteiger partial charge in [0.15, 0.2) is 0 Å². The van der Waals surface area contributed by atoms with E-state index in [0.717, 1.165) is 5.69 Å². The molecule has 2 heteroatoms. The van der Waals surface area contributed by atoms with E-state index in [1.54, 1.807) is 0 Å². The van der Waals surface area contributed by atoms with Gasteiger partial charge in [-0.05, 0) is 38.2 Å². The molecule has 1 atom stereocenters. The fourth-order valence-electron chi connectivity index (χ4n) is 1.76. The summed E-state index contributed by atoms with van der Waals surface area (Å²) >= 11 is 0. The summed E-state index contributed by atoms with van der Waals surface area (Å²) in [6.45, 7) is 2.21. The number of hydrogen-bond acceptors (Lipinski definition) is 2.